The van der Waals surface area contributed by atoms with Crippen LogP contribution in [0.15, 0.2) is 23.1 Å². The van der Waals surface area contributed by atoms with E-state index in [0.29, 0.717) is 31.9 Å². The Balaban J connectivity index is 1.80. The molecule has 0 aliphatic carbocycles. The van der Waals surface area contributed by atoms with Gasteiger partial charge in [0.1, 0.15) is 5.75 Å². The van der Waals surface area contributed by atoms with E-state index in [0.717, 1.165) is 24.9 Å². The average molecular weight is 367 g/mol. The summed E-state index contributed by atoms with van der Waals surface area (Å²) in [5.74, 6) is 0.720. The highest BCUT2D eigenvalue weighted by Gasteiger charge is 2.35. The van der Waals surface area contributed by atoms with Crippen LogP contribution in [-0.4, -0.2) is 69.4 Å². The molecule has 2 aliphatic heterocycles. The van der Waals surface area contributed by atoms with Crippen LogP contribution in [0, 0.1) is 6.92 Å². The lowest BCUT2D eigenvalue weighted by molar-refractivity contribution is -0.135. The van der Waals surface area contributed by atoms with Gasteiger partial charge in [-0.25, -0.2) is 8.42 Å². The number of piperazine rings is 1. The molecule has 0 saturated carbocycles. The van der Waals surface area contributed by atoms with Gasteiger partial charge in [0, 0.05) is 32.2 Å². The quantitative estimate of drug-likeness (QED) is 0.843. The molecule has 0 bridgehead atoms. The summed E-state index contributed by atoms with van der Waals surface area (Å²) in [6.45, 7) is 4.41. The zero-order valence-corrected chi connectivity index (χ0v) is 15.5. The number of piperidine rings is 1. The van der Waals surface area contributed by atoms with Crippen molar-refractivity contribution in [2.24, 2.45) is 0 Å². The van der Waals surface area contributed by atoms with E-state index in [2.05, 4.69) is 5.32 Å². The van der Waals surface area contributed by atoms with Crippen LogP contribution < -0.4 is 10.1 Å². The zero-order valence-electron chi connectivity index (χ0n) is 14.7. The van der Waals surface area contributed by atoms with E-state index in [4.69, 9.17) is 4.74 Å². The maximum atomic E-state index is 13.0. The number of methoxy groups -OCH3 is 1. The number of sulfonamides is 1. The number of amides is 1. The first-order chi connectivity index (χ1) is 11.9. The fraction of sp³-hybridized carbons (Fsp3) is 0.588. The maximum absolute atomic E-state index is 13.0. The molecule has 2 heterocycles. The van der Waals surface area contributed by atoms with Crippen molar-refractivity contribution >= 4 is 15.9 Å². The molecule has 3 rings (SSSR count). The molecule has 1 aromatic carbocycles. The molecule has 0 radical (unpaired) electrons. The Bertz CT molecular complexity index is 750. The largest absolute Gasteiger partial charge is 0.496 e. The normalized spacial score (nSPS) is 22.9. The van der Waals surface area contributed by atoms with Crippen molar-refractivity contribution in [3.63, 3.8) is 0 Å². The lowest BCUT2D eigenvalue weighted by Gasteiger charge is -2.40. The third-order valence-corrected chi connectivity index (χ3v) is 6.79. The topological polar surface area (TPSA) is 79.0 Å². The van der Waals surface area contributed by atoms with E-state index in [-0.39, 0.29) is 16.8 Å². The van der Waals surface area contributed by atoms with Gasteiger partial charge in [0.2, 0.25) is 15.9 Å². The molecular formula is C17H25N3O4S. The minimum absolute atomic E-state index is 0.0440. The first-order valence-corrected chi connectivity index (χ1v) is 10.0. The number of carbonyl (C=O) groups excluding carboxylic acids is 1. The lowest BCUT2D eigenvalue weighted by Crippen LogP contribution is -2.57. The summed E-state index contributed by atoms with van der Waals surface area (Å²) >= 11 is 0. The van der Waals surface area contributed by atoms with Crippen molar-refractivity contribution in [1.29, 1.82) is 0 Å². The minimum Gasteiger partial charge on any atom is -0.496 e. The summed E-state index contributed by atoms with van der Waals surface area (Å²) in [6.07, 6.45) is 1.61. The minimum atomic E-state index is -3.57. The number of hydrogen-bond donors (Lipinski definition) is 1. The van der Waals surface area contributed by atoms with E-state index in [1.54, 1.807) is 25.3 Å². The summed E-state index contributed by atoms with van der Waals surface area (Å²) in [4.78, 5) is 14.2. The van der Waals surface area contributed by atoms with Gasteiger partial charge >= 0.3 is 0 Å². The molecule has 0 spiro atoms. The van der Waals surface area contributed by atoms with Crippen molar-refractivity contribution in [3.8, 4) is 5.75 Å². The number of ether oxygens (including phenoxy) is 1. The Labute approximate surface area is 149 Å². The molecule has 1 atom stereocenters. The van der Waals surface area contributed by atoms with E-state index in [1.807, 2.05) is 11.8 Å². The van der Waals surface area contributed by atoms with Crippen molar-refractivity contribution in [2.45, 2.75) is 30.7 Å². The molecule has 138 valence electrons. The summed E-state index contributed by atoms with van der Waals surface area (Å²) in [6, 6.07) is 4.87. The first-order valence-electron chi connectivity index (χ1n) is 8.58. The second-order valence-corrected chi connectivity index (χ2v) is 8.49. The molecule has 2 fully saturated rings. The van der Waals surface area contributed by atoms with E-state index < -0.39 is 10.0 Å². The molecule has 1 amide bonds. The van der Waals surface area contributed by atoms with Crippen molar-refractivity contribution < 1.29 is 17.9 Å². The maximum Gasteiger partial charge on any atom is 0.243 e. The molecule has 2 aliphatic rings. The van der Waals surface area contributed by atoms with Gasteiger partial charge in [-0.3, -0.25) is 4.79 Å². The average Bonchev–Trinajstić information content (AvgIpc) is 2.62. The van der Waals surface area contributed by atoms with Gasteiger partial charge in [0.05, 0.1) is 18.6 Å². The molecule has 1 aromatic rings. The summed E-state index contributed by atoms with van der Waals surface area (Å²) < 4.78 is 32.8. The van der Waals surface area contributed by atoms with Gasteiger partial charge in [-0.1, -0.05) is 0 Å². The summed E-state index contributed by atoms with van der Waals surface area (Å²) in [5, 5.41) is 3.05. The first kappa shape index (κ1) is 18.2. The van der Waals surface area contributed by atoms with Crippen LogP contribution in [0.3, 0.4) is 0 Å². The second kappa shape index (κ2) is 7.31. The lowest BCUT2D eigenvalue weighted by atomic mass is 10.1. The van der Waals surface area contributed by atoms with Crippen molar-refractivity contribution in [1.82, 2.24) is 14.5 Å². The van der Waals surface area contributed by atoms with Crippen LogP contribution in [0.5, 0.6) is 5.75 Å². The third kappa shape index (κ3) is 3.65. The highest BCUT2D eigenvalue weighted by Crippen LogP contribution is 2.27. The van der Waals surface area contributed by atoms with Crippen LogP contribution in [-0.2, 0) is 14.8 Å². The van der Waals surface area contributed by atoms with Crippen LogP contribution in [0.25, 0.3) is 0 Å². The fourth-order valence-corrected chi connectivity index (χ4v) is 5.16. The highest BCUT2D eigenvalue weighted by molar-refractivity contribution is 7.89. The zero-order chi connectivity index (χ0) is 18.0. The third-order valence-electron chi connectivity index (χ3n) is 4.93. The number of hydrogen-bond acceptors (Lipinski definition) is 5. The van der Waals surface area contributed by atoms with Crippen LogP contribution >= 0.6 is 0 Å². The Kier molecular flexibility index (Phi) is 5.31. The Morgan fingerprint density at radius 3 is 2.76 bits per heavy atom. The van der Waals surface area contributed by atoms with Gasteiger partial charge in [-0.2, -0.15) is 4.31 Å². The Hall–Kier alpha value is -1.64. The SMILES string of the molecule is COc1ccc(S(=O)(=O)N2CCCC(N3CCNCC3=O)C2)cc1C. The van der Waals surface area contributed by atoms with Crippen LogP contribution in [0.2, 0.25) is 0 Å². The van der Waals surface area contributed by atoms with Gasteiger partial charge in [-0.05, 0) is 43.5 Å². The van der Waals surface area contributed by atoms with Gasteiger partial charge in [0.15, 0.2) is 0 Å². The molecule has 7 nitrogen and oxygen atoms in total. The van der Waals surface area contributed by atoms with Crippen LogP contribution in [0.4, 0.5) is 0 Å². The molecule has 1 N–H and O–H groups in total. The van der Waals surface area contributed by atoms with Crippen molar-refractivity contribution in [2.75, 3.05) is 39.8 Å². The molecule has 0 aromatic heterocycles. The molecule has 1 unspecified atom stereocenters. The highest BCUT2D eigenvalue weighted by atomic mass is 32.2. The van der Waals surface area contributed by atoms with Gasteiger partial charge in [0.25, 0.3) is 0 Å². The Morgan fingerprint density at radius 2 is 2.08 bits per heavy atom. The predicted molar refractivity (Wildman–Crippen MR) is 94.1 cm³/mol. The second-order valence-electron chi connectivity index (χ2n) is 6.55. The molecule has 25 heavy (non-hydrogen) atoms. The Morgan fingerprint density at radius 1 is 1.28 bits per heavy atom. The van der Waals surface area contributed by atoms with Crippen LogP contribution in [0.1, 0.15) is 18.4 Å². The molecule has 2 saturated heterocycles. The summed E-state index contributed by atoms with van der Waals surface area (Å²) in [5.41, 5.74) is 0.786. The van der Waals surface area contributed by atoms with E-state index in [1.165, 1.54) is 4.31 Å². The number of rotatable bonds is 4. The van der Waals surface area contributed by atoms with E-state index in [9.17, 15) is 13.2 Å². The predicted octanol–water partition coefficient (Wildman–Crippen LogP) is 0.589. The molecular weight excluding hydrogens is 342 g/mol. The number of nitrogens with one attached hydrogen (secondary N) is 1. The number of carbonyl (C=O) groups is 1. The number of nitrogens with zero attached hydrogens (tertiary/aromatic N) is 2. The van der Waals surface area contributed by atoms with E-state index >= 15 is 0 Å². The van der Waals surface area contributed by atoms with Gasteiger partial charge < -0.3 is 15.0 Å². The van der Waals surface area contributed by atoms with Gasteiger partial charge in [-0.15, -0.1) is 0 Å². The fourth-order valence-electron chi connectivity index (χ4n) is 3.56. The standard InChI is InChI=1S/C17H25N3O4S/c1-13-10-15(5-6-16(13)24-2)25(22,23)19-8-3-4-14(12-19)20-9-7-18-11-17(20)21/h5-6,10,14,18H,3-4,7-9,11-12H2,1-2H3. The summed E-state index contributed by atoms with van der Waals surface area (Å²) in [7, 11) is -2.01. The van der Waals surface area contributed by atoms with Crippen molar-refractivity contribution in [3.05, 3.63) is 23.8 Å². The monoisotopic (exact) mass is 367 g/mol. The molecule has 8 heteroatoms. The smallest absolute Gasteiger partial charge is 0.243 e. The number of benzene rings is 1. The number of aryl methyl sites for hydroxylation is 1.